The first-order valence-electron chi connectivity index (χ1n) is 5.20. The van der Waals surface area contributed by atoms with Crippen molar-refractivity contribution in [3.63, 3.8) is 0 Å². The lowest BCUT2D eigenvalue weighted by Crippen LogP contribution is -2.44. The summed E-state index contributed by atoms with van der Waals surface area (Å²) in [6, 6.07) is 3.92. The lowest BCUT2D eigenvalue weighted by atomic mass is 10.0. The molecule has 0 unspecified atom stereocenters. The van der Waals surface area contributed by atoms with Crippen LogP contribution in [0, 0.1) is 6.92 Å². The van der Waals surface area contributed by atoms with E-state index in [1.807, 2.05) is 44.9 Å². The van der Waals surface area contributed by atoms with Crippen LogP contribution in [0.25, 0.3) is 0 Å². The van der Waals surface area contributed by atoms with Crippen molar-refractivity contribution in [1.29, 1.82) is 0 Å². The van der Waals surface area contributed by atoms with Crippen molar-refractivity contribution in [3.8, 4) is 0 Å². The second-order valence-electron chi connectivity index (χ2n) is 4.69. The Balaban J connectivity index is 3.19. The molecule has 0 fully saturated rings. The Labute approximate surface area is 105 Å². The second kappa shape index (κ2) is 4.63. The Morgan fingerprint density at radius 2 is 2.00 bits per heavy atom. The average molecular weight is 287 g/mol. The summed E-state index contributed by atoms with van der Waals surface area (Å²) in [5.41, 5.74) is 8.38. The number of hydrogen-bond acceptors (Lipinski definition) is 3. The lowest BCUT2D eigenvalue weighted by molar-refractivity contribution is 0.216. The topological polar surface area (TPSA) is 49.5 Å². The highest BCUT2D eigenvalue weighted by Crippen LogP contribution is 2.33. The van der Waals surface area contributed by atoms with Gasteiger partial charge < -0.3 is 15.7 Å². The predicted octanol–water partition coefficient (Wildman–Crippen LogP) is 2.55. The number of hydrogen-bond donors (Lipinski definition) is 2. The number of nitrogens with zero attached hydrogens (tertiary/aromatic N) is 1. The van der Waals surface area contributed by atoms with E-state index in [4.69, 9.17) is 5.73 Å². The van der Waals surface area contributed by atoms with Crippen molar-refractivity contribution in [2.45, 2.75) is 26.3 Å². The maximum absolute atomic E-state index is 9.36. The molecule has 3 nitrogen and oxygen atoms in total. The highest BCUT2D eigenvalue weighted by Gasteiger charge is 2.24. The van der Waals surface area contributed by atoms with Crippen LogP contribution in [0.1, 0.15) is 19.4 Å². The third-order valence-electron chi connectivity index (χ3n) is 2.99. The van der Waals surface area contributed by atoms with Crippen LogP contribution in [0.4, 0.5) is 11.4 Å². The van der Waals surface area contributed by atoms with E-state index in [9.17, 15) is 5.11 Å². The van der Waals surface area contributed by atoms with Gasteiger partial charge in [-0.25, -0.2) is 0 Å². The Morgan fingerprint density at radius 3 is 2.50 bits per heavy atom. The summed E-state index contributed by atoms with van der Waals surface area (Å²) in [4.78, 5) is 2.05. The number of likely N-dealkylation sites (N-methyl/N-ethyl adjacent to an activating group) is 1. The molecule has 0 amide bonds. The fourth-order valence-corrected chi connectivity index (χ4v) is 2.00. The van der Waals surface area contributed by atoms with E-state index in [1.165, 1.54) is 0 Å². The molecule has 0 aliphatic heterocycles. The predicted molar refractivity (Wildman–Crippen MR) is 72.9 cm³/mol. The van der Waals surface area contributed by atoms with Gasteiger partial charge >= 0.3 is 0 Å². The number of nitrogens with two attached hydrogens (primary N) is 1. The van der Waals surface area contributed by atoms with Crippen molar-refractivity contribution >= 4 is 27.3 Å². The number of benzene rings is 1. The first-order chi connectivity index (χ1) is 7.29. The summed E-state index contributed by atoms with van der Waals surface area (Å²) in [6.45, 7) is 6.06. The van der Waals surface area contributed by atoms with Gasteiger partial charge in [-0.2, -0.15) is 0 Å². The number of rotatable bonds is 3. The van der Waals surface area contributed by atoms with Crippen LogP contribution in [0.2, 0.25) is 0 Å². The van der Waals surface area contributed by atoms with Gasteiger partial charge in [-0.1, -0.05) is 0 Å². The van der Waals surface area contributed by atoms with Gasteiger partial charge in [0.25, 0.3) is 0 Å². The van der Waals surface area contributed by atoms with Crippen molar-refractivity contribution in [3.05, 3.63) is 22.2 Å². The molecule has 0 aliphatic rings. The third-order valence-corrected chi connectivity index (χ3v) is 3.63. The summed E-state index contributed by atoms with van der Waals surface area (Å²) in [7, 11) is 1.96. The maximum Gasteiger partial charge on any atom is 0.0658 e. The molecule has 0 atom stereocenters. The van der Waals surface area contributed by atoms with E-state index in [0.29, 0.717) is 0 Å². The summed E-state index contributed by atoms with van der Waals surface area (Å²) < 4.78 is 0.944. The van der Waals surface area contributed by atoms with E-state index in [2.05, 4.69) is 15.9 Å². The molecule has 0 spiro atoms. The van der Waals surface area contributed by atoms with Crippen molar-refractivity contribution in [1.82, 2.24) is 0 Å². The van der Waals surface area contributed by atoms with Gasteiger partial charge in [0, 0.05) is 17.2 Å². The van der Waals surface area contributed by atoms with Gasteiger partial charge in [-0.05, 0) is 54.4 Å². The van der Waals surface area contributed by atoms with Crippen molar-refractivity contribution in [2.24, 2.45) is 0 Å². The standard InChI is InChI=1S/C12H19BrN2O/c1-8-5-11(9(13)6-10(8)14)15(4)12(2,3)7-16/h5-6,16H,7,14H2,1-4H3. The molecule has 0 bridgehead atoms. The minimum Gasteiger partial charge on any atom is -0.398 e. The van der Waals surface area contributed by atoms with Crippen molar-refractivity contribution < 1.29 is 5.11 Å². The fourth-order valence-electron chi connectivity index (χ4n) is 1.37. The van der Waals surface area contributed by atoms with Gasteiger partial charge in [0.05, 0.1) is 17.8 Å². The first-order valence-corrected chi connectivity index (χ1v) is 5.99. The van der Waals surface area contributed by atoms with Gasteiger partial charge in [-0.15, -0.1) is 0 Å². The highest BCUT2D eigenvalue weighted by atomic mass is 79.9. The molecule has 0 aromatic heterocycles. The van der Waals surface area contributed by atoms with E-state index in [1.54, 1.807) is 0 Å². The van der Waals surface area contributed by atoms with Gasteiger partial charge in [0.2, 0.25) is 0 Å². The molecule has 1 aromatic rings. The Hall–Kier alpha value is -0.740. The first kappa shape index (κ1) is 13.3. The molecule has 1 rings (SSSR count). The number of halogens is 1. The molecule has 90 valence electrons. The van der Waals surface area contributed by atoms with Crippen LogP contribution in [0.15, 0.2) is 16.6 Å². The van der Waals surface area contributed by atoms with E-state index in [0.717, 1.165) is 21.4 Å². The van der Waals surface area contributed by atoms with Gasteiger partial charge in [-0.3, -0.25) is 0 Å². The highest BCUT2D eigenvalue weighted by molar-refractivity contribution is 9.10. The molecule has 4 heteroatoms. The Kier molecular flexibility index (Phi) is 3.86. The molecule has 0 saturated carbocycles. The number of aliphatic hydroxyl groups excluding tert-OH is 1. The van der Waals surface area contributed by atoms with Crippen LogP contribution in [0.5, 0.6) is 0 Å². The van der Waals surface area contributed by atoms with Crippen LogP contribution < -0.4 is 10.6 Å². The molecule has 0 saturated heterocycles. The largest absolute Gasteiger partial charge is 0.398 e. The van der Waals surface area contributed by atoms with E-state index >= 15 is 0 Å². The van der Waals surface area contributed by atoms with Crippen LogP contribution >= 0.6 is 15.9 Å². The van der Waals surface area contributed by atoms with E-state index in [-0.39, 0.29) is 12.1 Å². The molecular weight excluding hydrogens is 268 g/mol. The quantitative estimate of drug-likeness (QED) is 0.840. The van der Waals surface area contributed by atoms with Crippen LogP contribution in [0.3, 0.4) is 0 Å². The fraction of sp³-hybridized carbons (Fsp3) is 0.500. The Bertz CT molecular complexity index is 391. The molecule has 1 aromatic carbocycles. The molecule has 0 radical (unpaired) electrons. The molecular formula is C12H19BrN2O. The monoisotopic (exact) mass is 286 g/mol. The summed E-state index contributed by atoms with van der Waals surface area (Å²) in [5.74, 6) is 0. The number of aliphatic hydroxyl groups is 1. The third kappa shape index (κ3) is 2.50. The molecule has 0 heterocycles. The molecule has 16 heavy (non-hydrogen) atoms. The van der Waals surface area contributed by atoms with E-state index < -0.39 is 0 Å². The zero-order valence-electron chi connectivity index (χ0n) is 10.2. The SMILES string of the molecule is Cc1cc(N(C)C(C)(C)CO)c(Br)cc1N. The number of aryl methyl sites for hydroxylation is 1. The lowest BCUT2D eigenvalue weighted by Gasteiger charge is -2.36. The minimum absolute atomic E-state index is 0.0966. The summed E-state index contributed by atoms with van der Waals surface area (Å²) in [5, 5.41) is 9.36. The minimum atomic E-state index is -0.301. The smallest absolute Gasteiger partial charge is 0.0658 e. The maximum atomic E-state index is 9.36. The van der Waals surface area contributed by atoms with Gasteiger partial charge in [0.15, 0.2) is 0 Å². The number of anilines is 2. The number of nitrogen functional groups attached to an aromatic ring is 1. The van der Waals surface area contributed by atoms with Crippen LogP contribution in [-0.2, 0) is 0 Å². The summed E-state index contributed by atoms with van der Waals surface area (Å²) >= 11 is 3.50. The van der Waals surface area contributed by atoms with Crippen LogP contribution in [-0.4, -0.2) is 24.3 Å². The summed E-state index contributed by atoms with van der Waals surface area (Å²) in [6.07, 6.45) is 0. The van der Waals surface area contributed by atoms with Gasteiger partial charge in [0.1, 0.15) is 0 Å². The second-order valence-corrected chi connectivity index (χ2v) is 5.54. The average Bonchev–Trinajstić information content (AvgIpc) is 2.22. The van der Waals surface area contributed by atoms with Crippen molar-refractivity contribution in [2.75, 3.05) is 24.3 Å². The zero-order chi connectivity index (χ0) is 12.5. The zero-order valence-corrected chi connectivity index (χ0v) is 11.8. The normalized spacial score (nSPS) is 11.6. The Morgan fingerprint density at radius 1 is 1.44 bits per heavy atom. The molecule has 3 N–H and O–H groups in total. The molecule has 0 aliphatic carbocycles.